The molecule has 22 heavy (non-hydrogen) atoms. The molecule has 0 aliphatic heterocycles. The van der Waals surface area contributed by atoms with E-state index in [-0.39, 0.29) is 5.56 Å². The van der Waals surface area contributed by atoms with Crippen LogP contribution in [-0.4, -0.2) is 28.5 Å². The van der Waals surface area contributed by atoms with E-state index in [9.17, 15) is 4.79 Å². The average Bonchev–Trinajstić information content (AvgIpc) is 2.51. The highest BCUT2D eigenvalue weighted by atomic mass is 35.5. The second-order valence-corrected chi connectivity index (χ2v) is 6.09. The van der Waals surface area contributed by atoms with Crippen LogP contribution < -0.4 is 5.56 Å². The lowest BCUT2D eigenvalue weighted by atomic mass is 10.2. The van der Waals surface area contributed by atoms with Gasteiger partial charge in [0.1, 0.15) is 0 Å². The summed E-state index contributed by atoms with van der Waals surface area (Å²) in [7, 11) is 0. The molecule has 0 saturated heterocycles. The van der Waals surface area contributed by atoms with E-state index >= 15 is 0 Å². The molecule has 0 fully saturated rings. The molecular weight excluding hydrogens is 320 g/mol. The summed E-state index contributed by atoms with van der Waals surface area (Å²) in [6.45, 7) is 7.57. The van der Waals surface area contributed by atoms with Crippen LogP contribution in [0, 0.1) is 0 Å². The number of benzene rings is 1. The van der Waals surface area contributed by atoms with Crippen LogP contribution in [0.5, 0.6) is 0 Å². The fourth-order valence-corrected chi connectivity index (χ4v) is 3.01. The Balaban J connectivity index is 2.40. The molecule has 118 valence electrons. The summed E-state index contributed by atoms with van der Waals surface area (Å²) in [5.74, 6) is 0.698. The van der Waals surface area contributed by atoms with E-state index in [1.807, 2.05) is 6.92 Å². The van der Waals surface area contributed by atoms with Crippen molar-refractivity contribution in [2.75, 3.05) is 19.0 Å². The molecule has 4 nitrogen and oxygen atoms in total. The van der Waals surface area contributed by atoms with Crippen LogP contribution in [0.15, 0.2) is 40.8 Å². The Hall–Kier alpha value is -1.30. The molecule has 2 rings (SSSR count). The normalized spacial score (nSPS) is 11.0. The minimum absolute atomic E-state index is 0.0373. The number of nitrogens with zero attached hydrogens (tertiary/aromatic N) is 2. The predicted octanol–water partition coefficient (Wildman–Crippen LogP) is 3.75. The SMILES string of the molecule is C=CCSc1nc2cc(Cl)ccc2c(=O)n1CCCOCC. The molecule has 0 atom stereocenters. The van der Waals surface area contributed by atoms with Gasteiger partial charge in [0.2, 0.25) is 0 Å². The van der Waals surface area contributed by atoms with Gasteiger partial charge in [0.15, 0.2) is 5.16 Å². The lowest BCUT2D eigenvalue weighted by Gasteiger charge is -2.12. The van der Waals surface area contributed by atoms with Gasteiger partial charge in [-0.25, -0.2) is 4.98 Å². The lowest BCUT2D eigenvalue weighted by Crippen LogP contribution is -2.24. The van der Waals surface area contributed by atoms with Crippen molar-refractivity contribution in [1.82, 2.24) is 9.55 Å². The number of hydrogen-bond acceptors (Lipinski definition) is 4. The number of rotatable bonds is 8. The number of ether oxygens (including phenoxy) is 1. The summed E-state index contributed by atoms with van der Waals surface area (Å²) >= 11 is 7.49. The summed E-state index contributed by atoms with van der Waals surface area (Å²) in [5.41, 5.74) is 0.592. The number of fused-ring (bicyclic) bond motifs is 1. The second-order valence-electron chi connectivity index (χ2n) is 4.66. The highest BCUT2D eigenvalue weighted by molar-refractivity contribution is 7.99. The fourth-order valence-electron chi connectivity index (χ4n) is 2.08. The van der Waals surface area contributed by atoms with E-state index in [0.717, 1.165) is 6.42 Å². The van der Waals surface area contributed by atoms with Gasteiger partial charge in [0.05, 0.1) is 10.9 Å². The lowest BCUT2D eigenvalue weighted by molar-refractivity contribution is 0.140. The van der Waals surface area contributed by atoms with Gasteiger partial charge in [-0.1, -0.05) is 29.4 Å². The van der Waals surface area contributed by atoms with Crippen molar-refractivity contribution in [2.24, 2.45) is 0 Å². The summed E-state index contributed by atoms with van der Waals surface area (Å²) in [6, 6.07) is 5.17. The molecule has 0 aliphatic rings. The zero-order valence-electron chi connectivity index (χ0n) is 12.5. The van der Waals surface area contributed by atoms with Crippen molar-refractivity contribution in [3.05, 3.63) is 46.2 Å². The van der Waals surface area contributed by atoms with Crippen molar-refractivity contribution in [1.29, 1.82) is 0 Å². The van der Waals surface area contributed by atoms with Crippen LogP contribution in [0.3, 0.4) is 0 Å². The maximum absolute atomic E-state index is 12.7. The standard InChI is InChI=1S/C16H19ClN2O2S/c1-3-10-22-16-18-14-11-12(17)6-7-13(14)15(20)19(16)8-5-9-21-4-2/h3,6-7,11H,1,4-5,8-10H2,2H3. The minimum Gasteiger partial charge on any atom is -0.382 e. The number of thioether (sulfide) groups is 1. The quantitative estimate of drug-likeness (QED) is 0.318. The Morgan fingerprint density at radius 1 is 1.50 bits per heavy atom. The van der Waals surface area contributed by atoms with Crippen molar-refractivity contribution in [3.63, 3.8) is 0 Å². The third-order valence-corrected chi connectivity index (χ3v) is 4.29. The highest BCUT2D eigenvalue weighted by Gasteiger charge is 2.11. The van der Waals surface area contributed by atoms with Crippen LogP contribution in [0.1, 0.15) is 13.3 Å². The molecule has 0 bridgehead atoms. The molecule has 0 aliphatic carbocycles. The predicted molar refractivity (Wildman–Crippen MR) is 93.0 cm³/mol. The Bertz CT molecular complexity index is 715. The number of hydrogen-bond donors (Lipinski definition) is 0. The zero-order chi connectivity index (χ0) is 15.9. The van der Waals surface area contributed by atoms with Crippen LogP contribution in [-0.2, 0) is 11.3 Å². The van der Waals surface area contributed by atoms with Gasteiger partial charge in [-0.05, 0) is 31.5 Å². The smallest absolute Gasteiger partial charge is 0.262 e. The molecule has 6 heteroatoms. The van der Waals surface area contributed by atoms with Gasteiger partial charge in [0.25, 0.3) is 5.56 Å². The summed E-state index contributed by atoms with van der Waals surface area (Å²) in [5, 5.41) is 1.85. The fraction of sp³-hybridized carbons (Fsp3) is 0.375. The van der Waals surface area contributed by atoms with Crippen molar-refractivity contribution in [3.8, 4) is 0 Å². The van der Waals surface area contributed by atoms with Crippen LogP contribution in [0.4, 0.5) is 0 Å². The first kappa shape index (κ1) is 17.1. The Morgan fingerprint density at radius 3 is 3.05 bits per heavy atom. The minimum atomic E-state index is -0.0373. The van der Waals surface area contributed by atoms with Gasteiger partial charge in [-0.3, -0.25) is 9.36 Å². The van der Waals surface area contributed by atoms with Gasteiger partial charge in [-0.2, -0.15) is 0 Å². The second kappa shape index (κ2) is 8.36. The maximum atomic E-state index is 12.7. The molecule has 0 spiro atoms. The monoisotopic (exact) mass is 338 g/mol. The van der Waals surface area contributed by atoms with Gasteiger partial charge in [-0.15, -0.1) is 6.58 Å². The molecule has 2 aromatic rings. The van der Waals surface area contributed by atoms with Gasteiger partial charge in [0, 0.05) is 30.5 Å². The largest absolute Gasteiger partial charge is 0.382 e. The average molecular weight is 339 g/mol. The summed E-state index contributed by atoms with van der Waals surface area (Å²) in [6.07, 6.45) is 2.57. The molecule has 0 saturated carbocycles. The van der Waals surface area contributed by atoms with Crippen LogP contribution in [0.2, 0.25) is 5.02 Å². The Morgan fingerprint density at radius 2 is 2.32 bits per heavy atom. The van der Waals surface area contributed by atoms with Crippen molar-refractivity contribution in [2.45, 2.75) is 25.0 Å². The van der Waals surface area contributed by atoms with Crippen molar-refractivity contribution >= 4 is 34.3 Å². The third kappa shape index (κ3) is 4.12. The topological polar surface area (TPSA) is 44.1 Å². The van der Waals surface area contributed by atoms with E-state index in [1.165, 1.54) is 11.8 Å². The van der Waals surface area contributed by atoms with E-state index < -0.39 is 0 Å². The molecule has 0 radical (unpaired) electrons. The first-order valence-electron chi connectivity index (χ1n) is 7.19. The molecule has 1 aromatic heterocycles. The third-order valence-electron chi connectivity index (χ3n) is 3.09. The maximum Gasteiger partial charge on any atom is 0.262 e. The number of aromatic nitrogens is 2. The first-order valence-corrected chi connectivity index (χ1v) is 8.55. The first-order chi connectivity index (χ1) is 10.7. The van der Waals surface area contributed by atoms with E-state index in [4.69, 9.17) is 16.3 Å². The van der Waals surface area contributed by atoms with Gasteiger partial charge < -0.3 is 4.74 Å². The molecule has 0 N–H and O–H groups in total. The molecule has 1 aromatic carbocycles. The summed E-state index contributed by atoms with van der Waals surface area (Å²) < 4.78 is 7.05. The Kier molecular flexibility index (Phi) is 6.49. The summed E-state index contributed by atoms with van der Waals surface area (Å²) in [4.78, 5) is 17.3. The van der Waals surface area contributed by atoms with E-state index in [1.54, 1.807) is 28.8 Å². The van der Waals surface area contributed by atoms with Crippen LogP contribution >= 0.6 is 23.4 Å². The van der Waals surface area contributed by atoms with E-state index in [2.05, 4.69) is 11.6 Å². The van der Waals surface area contributed by atoms with Crippen LogP contribution in [0.25, 0.3) is 10.9 Å². The molecule has 0 unspecified atom stereocenters. The molecule has 1 heterocycles. The highest BCUT2D eigenvalue weighted by Crippen LogP contribution is 2.20. The van der Waals surface area contributed by atoms with Gasteiger partial charge >= 0.3 is 0 Å². The van der Waals surface area contributed by atoms with E-state index in [0.29, 0.717) is 46.6 Å². The number of halogens is 1. The molecule has 0 amide bonds. The Labute approximate surface area is 139 Å². The molecular formula is C16H19ClN2O2S. The van der Waals surface area contributed by atoms with Crippen molar-refractivity contribution < 1.29 is 4.74 Å². The zero-order valence-corrected chi connectivity index (χ0v) is 14.1.